The largest absolute Gasteiger partial charge is 0.313 e. The molecule has 6 heteroatoms. The smallest absolute Gasteiger partial charge is 0.119 e. The standard InChI is InChI=1S/C12H20N4S.ClH/c1-17-12-11(15-6-7-16-12)9-13-8-10-4-2-3-5-14-10;/h6-7,10,13-14H,2-5,8-9H2,1H3;1H. The molecule has 1 aliphatic heterocycles. The predicted octanol–water partition coefficient (Wildman–Crippen LogP) is 1.85. The summed E-state index contributed by atoms with van der Waals surface area (Å²) in [7, 11) is 0. The minimum atomic E-state index is 0. The molecule has 1 aliphatic rings. The Kier molecular flexibility index (Phi) is 7.58. The molecule has 0 bridgehead atoms. The van der Waals surface area contributed by atoms with Gasteiger partial charge in [-0.25, -0.2) is 4.98 Å². The van der Waals surface area contributed by atoms with Crippen LogP contribution in [0.2, 0.25) is 0 Å². The summed E-state index contributed by atoms with van der Waals surface area (Å²) in [5, 5.41) is 8.02. The first-order chi connectivity index (χ1) is 8.40. The minimum absolute atomic E-state index is 0. The molecule has 0 aromatic carbocycles. The second-order valence-corrected chi connectivity index (χ2v) is 5.08. The molecule has 1 fully saturated rings. The van der Waals surface area contributed by atoms with E-state index in [-0.39, 0.29) is 12.4 Å². The predicted molar refractivity (Wildman–Crippen MR) is 78.4 cm³/mol. The van der Waals surface area contributed by atoms with Gasteiger partial charge in [-0.3, -0.25) is 4.98 Å². The monoisotopic (exact) mass is 288 g/mol. The van der Waals surface area contributed by atoms with Crippen LogP contribution in [0.25, 0.3) is 0 Å². The van der Waals surface area contributed by atoms with Crippen LogP contribution in [0.1, 0.15) is 25.0 Å². The van der Waals surface area contributed by atoms with Crippen LogP contribution in [-0.4, -0.2) is 35.4 Å². The zero-order valence-electron chi connectivity index (χ0n) is 10.7. The number of thioether (sulfide) groups is 1. The summed E-state index contributed by atoms with van der Waals surface area (Å²) < 4.78 is 0. The van der Waals surface area contributed by atoms with Crippen LogP contribution in [-0.2, 0) is 6.54 Å². The fourth-order valence-corrected chi connectivity index (χ4v) is 2.64. The quantitative estimate of drug-likeness (QED) is 0.810. The molecule has 18 heavy (non-hydrogen) atoms. The highest BCUT2D eigenvalue weighted by Gasteiger charge is 2.12. The van der Waals surface area contributed by atoms with E-state index in [1.807, 2.05) is 6.26 Å². The van der Waals surface area contributed by atoms with Gasteiger partial charge in [0.15, 0.2) is 0 Å². The lowest BCUT2D eigenvalue weighted by Crippen LogP contribution is -2.41. The van der Waals surface area contributed by atoms with E-state index >= 15 is 0 Å². The van der Waals surface area contributed by atoms with Gasteiger partial charge in [-0.05, 0) is 25.6 Å². The average Bonchev–Trinajstić information content (AvgIpc) is 2.40. The van der Waals surface area contributed by atoms with Crippen LogP contribution in [0.15, 0.2) is 17.4 Å². The van der Waals surface area contributed by atoms with Crippen molar-refractivity contribution in [3.05, 3.63) is 18.1 Å². The number of aromatic nitrogens is 2. The summed E-state index contributed by atoms with van der Waals surface area (Å²) in [4.78, 5) is 8.67. The van der Waals surface area contributed by atoms with E-state index in [2.05, 4.69) is 20.6 Å². The Balaban J connectivity index is 0.00000162. The third-order valence-corrected chi connectivity index (χ3v) is 3.75. The van der Waals surface area contributed by atoms with Crippen molar-refractivity contribution < 1.29 is 0 Å². The average molecular weight is 289 g/mol. The molecular formula is C12H21ClN4S. The fraction of sp³-hybridized carbons (Fsp3) is 0.667. The number of hydrogen-bond acceptors (Lipinski definition) is 5. The first-order valence-corrected chi connectivity index (χ1v) is 7.40. The Morgan fingerprint density at radius 1 is 1.39 bits per heavy atom. The number of halogens is 1. The maximum absolute atomic E-state index is 4.37. The molecule has 1 saturated heterocycles. The SMILES string of the molecule is CSc1nccnc1CNCC1CCCCN1.Cl. The second-order valence-electron chi connectivity index (χ2n) is 4.29. The van der Waals surface area contributed by atoms with Crippen molar-refractivity contribution in [3.8, 4) is 0 Å². The van der Waals surface area contributed by atoms with Gasteiger partial charge in [0.05, 0.1) is 5.69 Å². The molecule has 2 heterocycles. The van der Waals surface area contributed by atoms with Crippen LogP contribution in [0.4, 0.5) is 0 Å². The van der Waals surface area contributed by atoms with Crippen molar-refractivity contribution >= 4 is 24.2 Å². The van der Waals surface area contributed by atoms with Gasteiger partial charge in [0.2, 0.25) is 0 Å². The highest BCUT2D eigenvalue weighted by atomic mass is 35.5. The zero-order chi connectivity index (χ0) is 11.9. The van der Waals surface area contributed by atoms with Crippen molar-refractivity contribution in [2.24, 2.45) is 0 Å². The number of rotatable bonds is 5. The number of nitrogens with zero attached hydrogens (tertiary/aromatic N) is 2. The molecule has 2 rings (SSSR count). The second kappa shape index (κ2) is 8.69. The highest BCUT2D eigenvalue weighted by molar-refractivity contribution is 7.98. The number of piperidine rings is 1. The van der Waals surface area contributed by atoms with Crippen LogP contribution < -0.4 is 10.6 Å². The fourth-order valence-electron chi connectivity index (χ4n) is 2.11. The summed E-state index contributed by atoms with van der Waals surface area (Å²) in [6.45, 7) is 2.99. The minimum Gasteiger partial charge on any atom is -0.313 e. The summed E-state index contributed by atoms with van der Waals surface area (Å²) in [5.41, 5.74) is 1.05. The van der Waals surface area contributed by atoms with E-state index in [0.29, 0.717) is 6.04 Å². The van der Waals surface area contributed by atoms with Gasteiger partial charge >= 0.3 is 0 Å². The van der Waals surface area contributed by atoms with E-state index in [1.54, 1.807) is 24.2 Å². The molecule has 0 aliphatic carbocycles. The molecule has 102 valence electrons. The Hall–Kier alpha value is -0.360. The summed E-state index contributed by atoms with van der Waals surface area (Å²) in [5.74, 6) is 0. The highest BCUT2D eigenvalue weighted by Crippen LogP contribution is 2.14. The van der Waals surface area contributed by atoms with Crippen LogP contribution in [0, 0.1) is 0 Å². The zero-order valence-corrected chi connectivity index (χ0v) is 12.3. The Bertz CT molecular complexity index is 345. The molecule has 2 N–H and O–H groups in total. The Labute approximate surface area is 119 Å². The molecule has 1 unspecified atom stereocenters. The van der Waals surface area contributed by atoms with Crippen LogP contribution >= 0.6 is 24.2 Å². The van der Waals surface area contributed by atoms with E-state index in [9.17, 15) is 0 Å². The summed E-state index contributed by atoms with van der Waals surface area (Å²) in [6.07, 6.45) is 9.49. The molecule has 0 amide bonds. The lowest BCUT2D eigenvalue weighted by Gasteiger charge is -2.23. The van der Waals surface area contributed by atoms with E-state index < -0.39 is 0 Å². The third kappa shape index (κ3) is 4.72. The van der Waals surface area contributed by atoms with Crippen LogP contribution in [0.3, 0.4) is 0 Å². The topological polar surface area (TPSA) is 49.8 Å². The molecule has 1 aromatic heterocycles. The molecule has 1 atom stereocenters. The molecular weight excluding hydrogens is 268 g/mol. The molecule has 0 spiro atoms. The lowest BCUT2D eigenvalue weighted by atomic mass is 10.1. The van der Waals surface area contributed by atoms with Crippen LogP contribution in [0.5, 0.6) is 0 Å². The Morgan fingerprint density at radius 3 is 2.94 bits per heavy atom. The number of hydrogen-bond donors (Lipinski definition) is 2. The van der Waals surface area contributed by atoms with E-state index in [4.69, 9.17) is 0 Å². The van der Waals surface area contributed by atoms with Gasteiger partial charge in [-0.1, -0.05) is 6.42 Å². The molecule has 1 aromatic rings. The van der Waals surface area contributed by atoms with Gasteiger partial charge in [0.25, 0.3) is 0 Å². The van der Waals surface area contributed by atoms with Gasteiger partial charge in [0.1, 0.15) is 5.03 Å². The van der Waals surface area contributed by atoms with Gasteiger partial charge in [-0.15, -0.1) is 24.2 Å². The summed E-state index contributed by atoms with van der Waals surface area (Å²) in [6, 6.07) is 0.623. The van der Waals surface area contributed by atoms with E-state index in [1.165, 1.54) is 19.3 Å². The lowest BCUT2D eigenvalue weighted by molar-refractivity contribution is 0.382. The van der Waals surface area contributed by atoms with Gasteiger partial charge in [0, 0.05) is 31.5 Å². The van der Waals surface area contributed by atoms with Gasteiger partial charge in [-0.2, -0.15) is 0 Å². The first kappa shape index (κ1) is 15.7. The molecule has 4 nitrogen and oxygen atoms in total. The summed E-state index contributed by atoms with van der Waals surface area (Å²) >= 11 is 1.65. The number of nitrogens with one attached hydrogen (secondary N) is 2. The van der Waals surface area contributed by atoms with Crippen molar-refractivity contribution in [1.82, 2.24) is 20.6 Å². The first-order valence-electron chi connectivity index (χ1n) is 6.18. The Morgan fingerprint density at radius 2 is 2.22 bits per heavy atom. The normalized spacial score (nSPS) is 19.3. The van der Waals surface area contributed by atoms with Crippen molar-refractivity contribution in [3.63, 3.8) is 0 Å². The van der Waals surface area contributed by atoms with Crippen molar-refractivity contribution in [2.45, 2.75) is 36.9 Å². The van der Waals surface area contributed by atoms with E-state index in [0.717, 1.165) is 30.4 Å². The molecule has 0 radical (unpaired) electrons. The maximum atomic E-state index is 4.37. The van der Waals surface area contributed by atoms with Gasteiger partial charge < -0.3 is 10.6 Å². The van der Waals surface area contributed by atoms with Crippen molar-refractivity contribution in [1.29, 1.82) is 0 Å². The third-order valence-electron chi connectivity index (χ3n) is 3.02. The van der Waals surface area contributed by atoms with Crippen molar-refractivity contribution in [2.75, 3.05) is 19.3 Å². The maximum Gasteiger partial charge on any atom is 0.119 e. The molecule has 0 saturated carbocycles.